The lowest BCUT2D eigenvalue weighted by Crippen LogP contribution is -2.33. The Bertz CT molecular complexity index is 586. The highest BCUT2D eigenvalue weighted by Crippen LogP contribution is 2.22. The first-order valence-electron chi connectivity index (χ1n) is 7.78. The fraction of sp³-hybridized carbons (Fsp3) is 0.625. The van der Waals surface area contributed by atoms with Crippen LogP contribution in [-0.2, 0) is 4.79 Å². The Labute approximate surface area is 131 Å². The van der Waals surface area contributed by atoms with Gasteiger partial charge in [-0.25, -0.2) is 4.98 Å². The summed E-state index contributed by atoms with van der Waals surface area (Å²) in [6.45, 7) is 6.92. The number of nitrogens with two attached hydrogens (primary N) is 1. The molecule has 6 nitrogen and oxygen atoms in total. The lowest BCUT2D eigenvalue weighted by atomic mass is 9.97. The number of hydrogen-bond acceptors (Lipinski definition) is 4. The zero-order valence-electron chi connectivity index (χ0n) is 13.6. The van der Waals surface area contributed by atoms with Crippen LogP contribution in [0.5, 0.6) is 0 Å². The topological polar surface area (TPSA) is 89.2 Å². The Morgan fingerprint density at radius 2 is 1.77 bits per heavy atom. The maximum absolute atomic E-state index is 12.7. The van der Waals surface area contributed by atoms with Gasteiger partial charge in [0, 0.05) is 19.5 Å². The number of likely N-dealkylation sites (tertiary alicyclic amines) is 1. The summed E-state index contributed by atoms with van der Waals surface area (Å²) in [6.07, 6.45) is 3.04. The van der Waals surface area contributed by atoms with Crippen molar-refractivity contribution in [1.29, 1.82) is 0 Å². The van der Waals surface area contributed by atoms with Crippen molar-refractivity contribution in [2.24, 2.45) is 11.7 Å². The molecule has 1 aliphatic heterocycles. The lowest BCUT2D eigenvalue weighted by molar-refractivity contribution is -0.119. The Kier molecular flexibility index (Phi) is 5.11. The van der Waals surface area contributed by atoms with Crippen molar-refractivity contribution in [3.63, 3.8) is 0 Å². The SMILES string of the molecule is Cc1nc(C)c(C(=O)N2CCCC(CC(N)=O)CC2)nc1C. The molecule has 1 unspecified atom stereocenters. The van der Waals surface area contributed by atoms with E-state index in [9.17, 15) is 9.59 Å². The highest BCUT2D eigenvalue weighted by atomic mass is 16.2. The minimum absolute atomic E-state index is 0.0622. The molecule has 1 atom stereocenters. The minimum Gasteiger partial charge on any atom is -0.370 e. The summed E-state index contributed by atoms with van der Waals surface area (Å²) in [6, 6.07) is 0. The van der Waals surface area contributed by atoms with Gasteiger partial charge in [0.05, 0.1) is 17.1 Å². The average molecular weight is 304 g/mol. The van der Waals surface area contributed by atoms with Gasteiger partial charge in [0.1, 0.15) is 5.69 Å². The van der Waals surface area contributed by atoms with Crippen LogP contribution in [0.4, 0.5) is 0 Å². The van der Waals surface area contributed by atoms with E-state index in [0.29, 0.717) is 30.9 Å². The van der Waals surface area contributed by atoms with E-state index in [4.69, 9.17) is 5.73 Å². The van der Waals surface area contributed by atoms with E-state index < -0.39 is 0 Å². The normalized spacial score (nSPS) is 18.9. The summed E-state index contributed by atoms with van der Waals surface area (Å²) < 4.78 is 0. The van der Waals surface area contributed by atoms with E-state index in [1.165, 1.54) is 0 Å². The number of carbonyl (C=O) groups is 2. The molecular formula is C16H24N4O2. The summed E-state index contributed by atoms with van der Waals surface area (Å²) in [4.78, 5) is 34.4. The molecule has 2 heterocycles. The molecule has 2 N–H and O–H groups in total. The van der Waals surface area contributed by atoms with E-state index in [1.54, 1.807) is 0 Å². The fourth-order valence-electron chi connectivity index (χ4n) is 2.92. The summed E-state index contributed by atoms with van der Waals surface area (Å²) in [7, 11) is 0. The van der Waals surface area contributed by atoms with Crippen LogP contribution in [-0.4, -0.2) is 39.8 Å². The molecule has 22 heavy (non-hydrogen) atoms. The van der Waals surface area contributed by atoms with Crippen LogP contribution in [0.15, 0.2) is 0 Å². The highest BCUT2D eigenvalue weighted by molar-refractivity contribution is 5.93. The molecule has 0 saturated carbocycles. The zero-order valence-corrected chi connectivity index (χ0v) is 13.6. The van der Waals surface area contributed by atoms with Gasteiger partial charge in [0.25, 0.3) is 5.91 Å². The maximum Gasteiger partial charge on any atom is 0.274 e. The van der Waals surface area contributed by atoms with Gasteiger partial charge in [-0.1, -0.05) is 0 Å². The van der Waals surface area contributed by atoms with Gasteiger partial charge in [0.2, 0.25) is 5.91 Å². The van der Waals surface area contributed by atoms with Crippen LogP contribution >= 0.6 is 0 Å². The average Bonchev–Trinajstić information content (AvgIpc) is 2.67. The molecule has 6 heteroatoms. The second kappa shape index (κ2) is 6.85. The maximum atomic E-state index is 12.7. The second-order valence-corrected chi connectivity index (χ2v) is 6.09. The van der Waals surface area contributed by atoms with Crippen LogP contribution in [0, 0.1) is 26.7 Å². The lowest BCUT2D eigenvalue weighted by Gasteiger charge is -2.21. The van der Waals surface area contributed by atoms with Gasteiger partial charge in [-0.15, -0.1) is 0 Å². The molecule has 1 aliphatic rings. The van der Waals surface area contributed by atoms with E-state index >= 15 is 0 Å². The van der Waals surface area contributed by atoms with Gasteiger partial charge in [-0.05, 0) is 46.0 Å². The largest absolute Gasteiger partial charge is 0.370 e. The van der Waals surface area contributed by atoms with Crippen LogP contribution in [0.25, 0.3) is 0 Å². The summed E-state index contributed by atoms with van der Waals surface area (Å²) >= 11 is 0. The van der Waals surface area contributed by atoms with E-state index in [-0.39, 0.29) is 17.7 Å². The molecule has 1 fully saturated rings. The van der Waals surface area contributed by atoms with Crippen molar-refractivity contribution in [1.82, 2.24) is 14.9 Å². The third kappa shape index (κ3) is 3.81. The van der Waals surface area contributed by atoms with Gasteiger partial charge in [0.15, 0.2) is 0 Å². The van der Waals surface area contributed by atoms with Crippen LogP contribution in [0.1, 0.15) is 53.3 Å². The van der Waals surface area contributed by atoms with Crippen LogP contribution in [0.2, 0.25) is 0 Å². The first-order chi connectivity index (χ1) is 10.4. The number of aryl methyl sites for hydroxylation is 3. The molecule has 0 aromatic carbocycles. The fourth-order valence-corrected chi connectivity index (χ4v) is 2.92. The first kappa shape index (κ1) is 16.4. The first-order valence-corrected chi connectivity index (χ1v) is 7.78. The molecule has 0 radical (unpaired) electrons. The molecular weight excluding hydrogens is 280 g/mol. The molecule has 0 bridgehead atoms. The predicted octanol–water partition coefficient (Wildman–Crippen LogP) is 1.52. The zero-order chi connectivity index (χ0) is 16.3. The molecule has 0 aliphatic carbocycles. The Hall–Kier alpha value is -1.98. The molecule has 2 rings (SSSR count). The molecule has 120 valence electrons. The van der Waals surface area contributed by atoms with Crippen molar-refractivity contribution in [3.8, 4) is 0 Å². The summed E-state index contributed by atoms with van der Waals surface area (Å²) in [5.41, 5.74) is 8.03. The van der Waals surface area contributed by atoms with Crippen molar-refractivity contribution in [3.05, 3.63) is 22.8 Å². The van der Waals surface area contributed by atoms with Crippen LogP contribution < -0.4 is 5.73 Å². The molecule has 1 saturated heterocycles. The molecule has 2 amide bonds. The van der Waals surface area contributed by atoms with Gasteiger partial charge < -0.3 is 10.6 Å². The Morgan fingerprint density at radius 3 is 2.45 bits per heavy atom. The van der Waals surface area contributed by atoms with Crippen molar-refractivity contribution in [2.75, 3.05) is 13.1 Å². The van der Waals surface area contributed by atoms with Crippen molar-refractivity contribution < 1.29 is 9.59 Å². The number of carbonyl (C=O) groups excluding carboxylic acids is 2. The third-order valence-electron chi connectivity index (χ3n) is 4.31. The van der Waals surface area contributed by atoms with Gasteiger partial charge in [-0.3, -0.25) is 14.6 Å². The number of primary amides is 1. The molecule has 1 aromatic rings. The smallest absolute Gasteiger partial charge is 0.274 e. The van der Waals surface area contributed by atoms with E-state index in [0.717, 1.165) is 30.7 Å². The van der Waals surface area contributed by atoms with Crippen LogP contribution in [0.3, 0.4) is 0 Å². The predicted molar refractivity (Wildman–Crippen MR) is 83.3 cm³/mol. The second-order valence-electron chi connectivity index (χ2n) is 6.09. The van der Waals surface area contributed by atoms with Gasteiger partial charge in [-0.2, -0.15) is 0 Å². The minimum atomic E-state index is -0.263. The quantitative estimate of drug-likeness (QED) is 0.917. The number of amides is 2. The monoisotopic (exact) mass is 304 g/mol. The van der Waals surface area contributed by atoms with E-state index in [1.807, 2.05) is 25.7 Å². The Morgan fingerprint density at radius 1 is 1.09 bits per heavy atom. The molecule has 0 spiro atoms. The third-order valence-corrected chi connectivity index (χ3v) is 4.31. The molecule has 1 aromatic heterocycles. The number of nitrogens with zero attached hydrogens (tertiary/aromatic N) is 3. The standard InChI is InChI=1S/C16H24N4O2/c1-10-11(2)19-15(12(3)18-10)16(22)20-7-4-5-13(6-8-20)9-14(17)21/h13H,4-9H2,1-3H3,(H2,17,21). The van der Waals surface area contributed by atoms with E-state index in [2.05, 4.69) is 9.97 Å². The summed E-state index contributed by atoms with van der Waals surface area (Å²) in [5, 5.41) is 0. The number of hydrogen-bond donors (Lipinski definition) is 1. The van der Waals surface area contributed by atoms with Crippen molar-refractivity contribution >= 4 is 11.8 Å². The highest BCUT2D eigenvalue weighted by Gasteiger charge is 2.25. The Balaban J connectivity index is 2.10. The van der Waals surface area contributed by atoms with Gasteiger partial charge >= 0.3 is 0 Å². The number of aromatic nitrogens is 2. The number of rotatable bonds is 3. The summed E-state index contributed by atoms with van der Waals surface area (Å²) in [5.74, 6) is -0.0456. The van der Waals surface area contributed by atoms with Crippen molar-refractivity contribution in [2.45, 2.75) is 46.5 Å².